The van der Waals surface area contributed by atoms with Crippen molar-refractivity contribution in [1.82, 2.24) is 10.6 Å². The molecule has 0 radical (unpaired) electrons. The van der Waals surface area contributed by atoms with Crippen LogP contribution in [0.2, 0.25) is 0 Å². The molecule has 1 heterocycles. The van der Waals surface area contributed by atoms with Crippen molar-refractivity contribution in [3.8, 4) is 0 Å². The Balaban J connectivity index is 2.55. The number of aliphatic carboxylic acids is 1. The van der Waals surface area contributed by atoms with Crippen LogP contribution in [0, 0.1) is 0 Å². The number of hydrogen-bond donors (Lipinski definition) is 3. The van der Waals surface area contributed by atoms with Crippen molar-refractivity contribution in [1.29, 1.82) is 0 Å². The van der Waals surface area contributed by atoms with Gasteiger partial charge in [0.25, 0.3) is 0 Å². The molecule has 74 valence electrons. The summed E-state index contributed by atoms with van der Waals surface area (Å²) in [5, 5.41) is 13.4. The molecule has 3 N–H and O–H groups in total. The zero-order valence-corrected chi connectivity index (χ0v) is 12.6. The number of nitrogens with zero attached hydrogens (tertiary/aromatic N) is 1. The standard InChI is InChI=1S/C6H5N3O3.2W/c10-4(11)3-9-6(12)5-7-1-2-8-5;;/h7H,3H2,(H,9,12)(H,10,11);;. The van der Waals surface area contributed by atoms with Crippen molar-refractivity contribution in [3.63, 3.8) is 0 Å². The van der Waals surface area contributed by atoms with Crippen LogP contribution in [-0.2, 0) is 48.3 Å². The SMILES string of the molecule is O=C(O)CNC(=O)C1=N[C](=[W])[C](=[W])N1. The van der Waals surface area contributed by atoms with E-state index in [0.29, 0.717) is 0 Å². The van der Waals surface area contributed by atoms with Crippen LogP contribution in [0.4, 0.5) is 0 Å². The molecule has 0 aliphatic carbocycles. The Morgan fingerprint density at radius 3 is 2.57 bits per heavy atom. The van der Waals surface area contributed by atoms with Gasteiger partial charge in [0.1, 0.15) is 0 Å². The number of amides is 1. The molecule has 0 saturated heterocycles. The number of carbonyl (C=O) groups excluding carboxylic acids is 1. The Morgan fingerprint density at radius 2 is 2.14 bits per heavy atom. The fraction of sp³-hybridized carbons (Fsp3) is 0.167. The zero-order valence-electron chi connectivity index (χ0n) is 6.73. The van der Waals surface area contributed by atoms with E-state index in [1.807, 2.05) is 0 Å². The molecule has 0 aromatic heterocycles. The molecule has 0 fully saturated rings. The quantitative estimate of drug-likeness (QED) is 0.375. The molecule has 14 heavy (non-hydrogen) atoms. The molecule has 8 heteroatoms. The number of nitrogens with one attached hydrogen (secondary N) is 2. The van der Waals surface area contributed by atoms with Crippen molar-refractivity contribution in [2.45, 2.75) is 0 Å². The first-order chi connectivity index (χ1) is 6.50. The van der Waals surface area contributed by atoms with E-state index in [2.05, 4.69) is 15.6 Å². The molecule has 0 aromatic rings. The van der Waals surface area contributed by atoms with Crippen molar-refractivity contribution < 1.29 is 53.4 Å². The molecule has 0 atom stereocenters. The van der Waals surface area contributed by atoms with Gasteiger partial charge in [-0.2, -0.15) is 0 Å². The van der Waals surface area contributed by atoms with Crippen molar-refractivity contribution in [2.75, 3.05) is 6.54 Å². The Morgan fingerprint density at radius 1 is 1.50 bits per heavy atom. The summed E-state index contributed by atoms with van der Waals surface area (Å²) in [5.74, 6) is -1.38. The van der Waals surface area contributed by atoms with Gasteiger partial charge in [0.2, 0.25) is 0 Å². The number of rotatable bonds is 3. The summed E-state index contributed by atoms with van der Waals surface area (Å²) in [6, 6.07) is 0. The Kier molecular flexibility index (Phi) is 4.02. The van der Waals surface area contributed by atoms with Crippen molar-refractivity contribution >= 4 is 25.8 Å². The minimum atomic E-state index is -1.07. The van der Waals surface area contributed by atoms with Gasteiger partial charge in [-0.25, -0.2) is 0 Å². The van der Waals surface area contributed by atoms with E-state index in [-0.39, 0.29) is 5.84 Å². The average molecular weight is 535 g/mol. The first-order valence-corrected chi connectivity index (χ1v) is 6.38. The molecule has 1 aliphatic rings. The summed E-state index contributed by atoms with van der Waals surface area (Å²) < 4.78 is 1.76. The third-order valence-corrected chi connectivity index (χ3v) is 5.39. The van der Waals surface area contributed by atoms with Gasteiger partial charge in [-0.15, -0.1) is 0 Å². The average Bonchev–Trinajstić information content (AvgIpc) is 2.43. The van der Waals surface area contributed by atoms with Crippen LogP contribution in [0.15, 0.2) is 4.99 Å². The van der Waals surface area contributed by atoms with Crippen molar-refractivity contribution in [2.24, 2.45) is 4.99 Å². The maximum atomic E-state index is 11.3. The van der Waals surface area contributed by atoms with E-state index >= 15 is 0 Å². The fourth-order valence-corrected chi connectivity index (χ4v) is 1.71. The third-order valence-electron chi connectivity index (χ3n) is 1.25. The Labute approximate surface area is 101 Å². The number of amidine groups is 1. The van der Waals surface area contributed by atoms with Crippen molar-refractivity contribution in [3.05, 3.63) is 0 Å². The molecule has 1 aliphatic heterocycles. The van der Waals surface area contributed by atoms with Gasteiger partial charge < -0.3 is 0 Å². The second-order valence-corrected chi connectivity index (χ2v) is 5.15. The Bertz CT molecular complexity index is 363. The van der Waals surface area contributed by atoms with Gasteiger partial charge in [0, 0.05) is 0 Å². The van der Waals surface area contributed by atoms with Crippen LogP contribution in [-0.4, -0.2) is 37.4 Å². The summed E-state index contributed by atoms with van der Waals surface area (Å²) in [6.07, 6.45) is 0. The molecule has 1 rings (SSSR count). The number of aliphatic imine (C=N–C) groups is 1. The van der Waals surface area contributed by atoms with E-state index in [1.165, 1.54) is 38.7 Å². The normalized spacial score (nSPS) is 14.7. The number of carboxylic acids is 1. The number of carboxylic acid groups (broad SMARTS) is 1. The third kappa shape index (κ3) is 3.03. The molecule has 0 bridgehead atoms. The first-order valence-electron chi connectivity index (χ1n) is 3.44. The van der Waals surface area contributed by atoms with Crippen LogP contribution in [0.1, 0.15) is 0 Å². The van der Waals surface area contributed by atoms with Gasteiger partial charge >= 0.3 is 101 Å². The second-order valence-electron chi connectivity index (χ2n) is 2.30. The minimum absolute atomic E-state index is 0.182. The molecular formula is C6H5N3O3W2. The number of hydrogen-bond acceptors (Lipinski definition) is 4. The molecule has 1 amide bonds. The van der Waals surface area contributed by atoms with Gasteiger partial charge in [0.15, 0.2) is 0 Å². The maximum absolute atomic E-state index is 11.3. The van der Waals surface area contributed by atoms with Gasteiger partial charge in [-0.05, 0) is 0 Å². The van der Waals surface area contributed by atoms with E-state index in [4.69, 9.17) is 5.11 Å². The van der Waals surface area contributed by atoms with Crippen LogP contribution in [0.5, 0.6) is 0 Å². The van der Waals surface area contributed by atoms with E-state index < -0.39 is 18.4 Å². The summed E-state index contributed by atoms with van der Waals surface area (Å²) in [7, 11) is 0. The predicted octanol–water partition coefficient (Wildman–Crippen LogP) is -2.46. The Hall–Kier alpha value is -0.473. The molecule has 0 aromatic carbocycles. The summed E-state index contributed by atoms with van der Waals surface area (Å²) >= 11 is 2.38. The molecule has 0 unspecified atom stereocenters. The van der Waals surface area contributed by atoms with E-state index in [1.54, 1.807) is 0 Å². The van der Waals surface area contributed by atoms with Crippen LogP contribution < -0.4 is 10.6 Å². The number of carbonyl (C=O) groups is 2. The van der Waals surface area contributed by atoms with Crippen LogP contribution in [0.25, 0.3) is 0 Å². The predicted molar refractivity (Wildman–Crippen MR) is 41.2 cm³/mol. The molecular weight excluding hydrogens is 530 g/mol. The van der Waals surface area contributed by atoms with Crippen LogP contribution >= 0.6 is 0 Å². The monoisotopic (exact) mass is 535 g/mol. The summed E-state index contributed by atoms with van der Waals surface area (Å²) in [6.45, 7) is -0.392. The molecule has 0 saturated carbocycles. The van der Waals surface area contributed by atoms with E-state index in [0.717, 1.165) is 8.04 Å². The summed E-state index contributed by atoms with van der Waals surface area (Å²) in [4.78, 5) is 25.4. The molecule has 0 spiro atoms. The second kappa shape index (κ2) is 4.85. The first kappa shape index (κ1) is 11.6. The van der Waals surface area contributed by atoms with E-state index in [9.17, 15) is 9.59 Å². The van der Waals surface area contributed by atoms with Gasteiger partial charge in [-0.3, -0.25) is 0 Å². The van der Waals surface area contributed by atoms with Gasteiger partial charge in [-0.1, -0.05) is 0 Å². The van der Waals surface area contributed by atoms with Crippen LogP contribution in [0.3, 0.4) is 0 Å². The van der Waals surface area contributed by atoms with Gasteiger partial charge in [0.05, 0.1) is 0 Å². The fourth-order valence-electron chi connectivity index (χ4n) is 0.688. The summed E-state index contributed by atoms with van der Waals surface area (Å²) in [5.41, 5.74) is 0. The zero-order chi connectivity index (χ0) is 10.7. The topological polar surface area (TPSA) is 90.8 Å². The molecule has 6 nitrogen and oxygen atoms in total.